The summed E-state index contributed by atoms with van der Waals surface area (Å²) in [6, 6.07) is 0.565. The van der Waals surface area contributed by atoms with Crippen molar-refractivity contribution in [3.05, 3.63) is 5.82 Å². The van der Waals surface area contributed by atoms with Crippen molar-refractivity contribution in [3.8, 4) is 0 Å². The molecule has 84 valence electrons. The van der Waals surface area contributed by atoms with Crippen LogP contribution in [0.25, 0.3) is 0 Å². The van der Waals surface area contributed by atoms with E-state index in [4.69, 9.17) is 4.74 Å². The number of nitrogens with one attached hydrogen (secondary N) is 2. The van der Waals surface area contributed by atoms with Crippen LogP contribution in [-0.4, -0.2) is 39.9 Å². The van der Waals surface area contributed by atoms with Crippen molar-refractivity contribution in [3.63, 3.8) is 0 Å². The number of ether oxygens (including phenoxy) is 1. The number of aromatic amines is 1. The molecule has 0 radical (unpaired) electrons. The van der Waals surface area contributed by atoms with Crippen molar-refractivity contribution < 1.29 is 4.74 Å². The SMILES string of the molecule is COC1CCC(NCc2nn[nH]n2)CC1. The highest BCUT2D eigenvalue weighted by atomic mass is 16.5. The van der Waals surface area contributed by atoms with Crippen molar-refractivity contribution in [1.82, 2.24) is 25.9 Å². The van der Waals surface area contributed by atoms with Crippen molar-refractivity contribution >= 4 is 0 Å². The summed E-state index contributed by atoms with van der Waals surface area (Å²) in [4.78, 5) is 0. The van der Waals surface area contributed by atoms with Crippen LogP contribution in [-0.2, 0) is 11.3 Å². The third-order valence-corrected chi connectivity index (χ3v) is 2.95. The molecule has 1 aromatic heterocycles. The third-order valence-electron chi connectivity index (χ3n) is 2.95. The van der Waals surface area contributed by atoms with Gasteiger partial charge in [-0.2, -0.15) is 5.21 Å². The Morgan fingerprint density at radius 2 is 2.20 bits per heavy atom. The number of hydrogen-bond donors (Lipinski definition) is 2. The Bertz CT molecular complexity index is 268. The maximum absolute atomic E-state index is 5.32. The summed E-state index contributed by atoms with van der Waals surface area (Å²) in [5.41, 5.74) is 0. The van der Waals surface area contributed by atoms with Gasteiger partial charge in [-0.15, -0.1) is 10.2 Å². The van der Waals surface area contributed by atoms with Gasteiger partial charge in [0, 0.05) is 13.2 Å². The average Bonchev–Trinajstić information content (AvgIpc) is 2.80. The van der Waals surface area contributed by atoms with Crippen LogP contribution in [0.3, 0.4) is 0 Å². The van der Waals surface area contributed by atoms with Gasteiger partial charge in [0.15, 0.2) is 5.82 Å². The predicted octanol–water partition coefficient (Wildman–Crippen LogP) is 0.247. The summed E-state index contributed by atoms with van der Waals surface area (Å²) in [7, 11) is 1.79. The quantitative estimate of drug-likeness (QED) is 0.746. The molecule has 1 fully saturated rings. The Kier molecular flexibility index (Phi) is 3.63. The first-order chi connectivity index (χ1) is 7.38. The first kappa shape index (κ1) is 10.5. The number of hydrogen-bond acceptors (Lipinski definition) is 5. The second-order valence-corrected chi connectivity index (χ2v) is 3.92. The average molecular weight is 211 g/mol. The van der Waals surface area contributed by atoms with Crippen LogP contribution >= 0.6 is 0 Å². The molecule has 6 nitrogen and oxygen atoms in total. The van der Waals surface area contributed by atoms with Gasteiger partial charge in [-0.05, 0) is 25.7 Å². The zero-order chi connectivity index (χ0) is 10.5. The van der Waals surface area contributed by atoms with Gasteiger partial charge < -0.3 is 10.1 Å². The lowest BCUT2D eigenvalue weighted by Crippen LogP contribution is -2.34. The fourth-order valence-electron chi connectivity index (χ4n) is 2.00. The van der Waals surface area contributed by atoms with Crippen LogP contribution in [0, 0.1) is 0 Å². The van der Waals surface area contributed by atoms with E-state index in [1.54, 1.807) is 7.11 Å². The van der Waals surface area contributed by atoms with Gasteiger partial charge in [-0.1, -0.05) is 5.21 Å². The molecule has 1 aliphatic rings. The highest BCUT2D eigenvalue weighted by Crippen LogP contribution is 2.20. The molecule has 2 rings (SSSR count). The number of nitrogens with zero attached hydrogens (tertiary/aromatic N) is 3. The van der Waals surface area contributed by atoms with E-state index in [2.05, 4.69) is 25.9 Å². The minimum atomic E-state index is 0.452. The fraction of sp³-hybridized carbons (Fsp3) is 0.889. The molecule has 1 aromatic rings. The van der Waals surface area contributed by atoms with Gasteiger partial charge in [-0.25, -0.2) is 0 Å². The van der Waals surface area contributed by atoms with E-state index in [0.717, 1.165) is 31.5 Å². The standard InChI is InChI=1S/C9H17N5O/c1-15-8-4-2-7(3-5-8)10-6-9-11-13-14-12-9/h7-8,10H,2-6H2,1H3,(H,11,12,13,14). The third kappa shape index (κ3) is 2.97. The van der Waals surface area contributed by atoms with Crippen molar-refractivity contribution in [1.29, 1.82) is 0 Å². The molecule has 6 heteroatoms. The second kappa shape index (κ2) is 5.18. The fourth-order valence-corrected chi connectivity index (χ4v) is 2.00. The van der Waals surface area contributed by atoms with Crippen LogP contribution in [0.4, 0.5) is 0 Å². The van der Waals surface area contributed by atoms with E-state index in [0.29, 0.717) is 18.7 Å². The topological polar surface area (TPSA) is 75.7 Å². The number of H-pyrrole nitrogens is 1. The van der Waals surface area contributed by atoms with E-state index in [-0.39, 0.29) is 0 Å². The van der Waals surface area contributed by atoms with Crippen molar-refractivity contribution in [2.75, 3.05) is 7.11 Å². The lowest BCUT2D eigenvalue weighted by Gasteiger charge is -2.27. The predicted molar refractivity (Wildman–Crippen MR) is 54.1 cm³/mol. The van der Waals surface area contributed by atoms with Crippen LogP contribution in [0.15, 0.2) is 0 Å². The number of aromatic nitrogens is 4. The summed E-state index contributed by atoms with van der Waals surface area (Å²) in [5, 5.41) is 17.2. The maximum Gasteiger partial charge on any atom is 0.188 e. The highest BCUT2D eigenvalue weighted by molar-refractivity contribution is 4.81. The molecular formula is C9H17N5O. The molecule has 0 aliphatic heterocycles. The van der Waals surface area contributed by atoms with Gasteiger partial charge in [0.25, 0.3) is 0 Å². The Morgan fingerprint density at radius 1 is 1.40 bits per heavy atom. The maximum atomic E-state index is 5.32. The molecule has 1 heterocycles. The molecule has 1 saturated carbocycles. The first-order valence-electron chi connectivity index (χ1n) is 5.37. The van der Waals surface area contributed by atoms with Crippen molar-refractivity contribution in [2.24, 2.45) is 0 Å². The zero-order valence-corrected chi connectivity index (χ0v) is 8.94. The molecule has 0 unspecified atom stereocenters. The monoisotopic (exact) mass is 211 g/mol. The van der Waals surface area contributed by atoms with Gasteiger partial charge in [0.1, 0.15) is 0 Å². The van der Waals surface area contributed by atoms with Gasteiger partial charge in [0.2, 0.25) is 0 Å². The Labute approximate surface area is 88.8 Å². The van der Waals surface area contributed by atoms with Gasteiger partial charge in [0.05, 0.1) is 12.6 Å². The molecule has 15 heavy (non-hydrogen) atoms. The van der Waals surface area contributed by atoms with E-state index in [1.807, 2.05) is 0 Å². The van der Waals surface area contributed by atoms with E-state index in [1.165, 1.54) is 0 Å². The van der Waals surface area contributed by atoms with E-state index in [9.17, 15) is 0 Å². The minimum absolute atomic E-state index is 0.452. The van der Waals surface area contributed by atoms with E-state index < -0.39 is 0 Å². The summed E-state index contributed by atoms with van der Waals surface area (Å²) < 4.78 is 5.32. The van der Waals surface area contributed by atoms with Crippen LogP contribution < -0.4 is 5.32 Å². The first-order valence-corrected chi connectivity index (χ1v) is 5.37. The van der Waals surface area contributed by atoms with Gasteiger partial charge >= 0.3 is 0 Å². The number of tetrazole rings is 1. The number of rotatable bonds is 4. The van der Waals surface area contributed by atoms with Crippen LogP contribution in [0.5, 0.6) is 0 Å². The van der Waals surface area contributed by atoms with E-state index >= 15 is 0 Å². The molecule has 0 atom stereocenters. The summed E-state index contributed by atoms with van der Waals surface area (Å²) >= 11 is 0. The summed E-state index contributed by atoms with van der Waals surface area (Å²) in [6.07, 6.45) is 5.06. The molecule has 0 aromatic carbocycles. The molecule has 0 spiro atoms. The smallest absolute Gasteiger partial charge is 0.188 e. The molecule has 2 N–H and O–H groups in total. The molecular weight excluding hydrogens is 194 g/mol. The van der Waals surface area contributed by atoms with Gasteiger partial charge in [-0.3, -0.25) is 0 Å². The Balaban J connectivity index is 1.69. The second-order valence-electron chi connectivity index (χ2n) is 3.92. The Hall–Kier alpha value is -1.01. The van der Waals surface area contributed by atoms with Crippen molar-refractivity contribution in [2.45, 2.75) is 44.4 Å². The van der Waals surface area contributed by atoms with Crippen LogP contribution in [0.2, 0.25) is 0 Å². The Morgan fingerprint density at radius 3 is 2.80 bits per heavy atom. The lowest BCUT2D eigenvalue weighted by molar-refractivity contribution is 0.0623. The summed E-state index contributed by atoms with van der Waals surface area (Å²) in [5.74, 6) is 0.726. The normalized spacial score (nSPS) is 26.7. The summed E-state index contributed by atoms with van der Waals surface area (Å²) in [6.45, 7) is 0.693. The lowest BCUT2D eigenvalue weighted by atomic mass is 9.93. The molecule has 0 amide bonds. The largest absolute Gasteiger partial charge is 0.381 e. The zero-order valence-electron chi connectivity index (χ0n) is 8.94. The number of methoxy groups -OCH3 is 1. The molecule has 0 saturated heterocycles. The highest BCUT2D eigenvalue weighted by Gasteiger charge is 2.20. The minimum Gasteiger partial charge on any atom is -0.381 e. The molecule has 0 bridgehead atoms. The van der Waals surface area contributed by atoms with Crippen LogP contribution in [0.1, 0.15) is 31.5 Å². The molecule has 1 aliphatic carbocycles.